The summed E-state index contributed by atoms with van der Waals surface area (Å²) in [6, 6.07) is 4.67. The fraction of sp³-hybridized carbons (Fsp3) is 0.0909. The van der Waals surface area contributed by atoms with Gasteiger partial charge in [-0.3, -0.25) is 9.89 Å². The number of nitrogen functional groups attached to an aromatic ring is 1. The Labute approximate surface area is 117 Å². The number of nitrogens with two attached hydrogens (primary N) is 1. The number of benzene rings is 1. The third-order valence-electron chi connectivity index (χ3n) is 2.43. The molecule has 94 valence electrons. The van der Waals surface area contributed by atoms with E-state index in [-0.39, 0.29) is 17.5 Å². The predicted molar refractivity (Wildman–Crippen MR) is 76.5 cm³/mol. The summed E-state index contributed by atoms with van der Waals surface area (Å²) in [4.78, 5) is 11.9. The van der Waals surface area contributed by atoms with E-state index in [2.05, 4.69) is 15.5 Å². The number of carbonyl (C=O) groups excluding carboxylic acids is 1. The van der Waals surface area contributed by atoms with Crippen molar-refractivity contribution in [2.75, 3.05) is 11.1 Å². The van der Waals surface area contributed by atoms with Gasteiger partial charge in [0, 0.05) is 5.56 Å². The number of nitrogens with zero attached hydrogens (tertiary/aromatic N) is 1. The van der Waals surface area contributed by atoms with Crippen LogP contribution in [0.25, 0.3) is 0 Å². The van der Waals surface area contributed by atoms with Crippen molar-refractivity contribution in [3.8, 4) is 5.75 Å². The second-order valence-electron chi connectivity index (χ2n) is 3.73. The SMILES string of the molecule is Cc1[nH]nc(NC(=O)c2ccc(I)c(O)c2)c1N. The minimum Gasteiger partial charge on any atom is -0.507 e. The van der Waals surface area contributed by atoms with Gasteiger partial charge in [-0.1, -0.05) is 0 Å². The highest BCUT2D eigenvalue weighted by molar-refractivity contribution is 14.1. The average molecular weight is 358 g/mol. The van der Waals surface area contributed by atoms with Crippen molar-refractivity contribution in [3.63, 3.8) is 0 Å². The smallest absolute Gasteiger partial charge is 0.257 e. The number of aromatic hydroxyl groups is 1. The molecule has 7 heteroatoms. The Bertz CT molecular complexity index is 609. The number of phenols is 1. The molecule has 18 heavy (non-hydrogen) atoms. The van der Waals surface area contributed by atoms with Crippen LogP contribution in [0.2, 0.25) is 0 Å². The molecule has 0 aliphatic rings. The summed E-state index contributed by atoms with van der Waals surface area (Å²) >= 11 is 1.98. The highest BCUT2D eigenvalue weighted by Gasteiger charge is 2.13. The molecule has 0 spiro atoms. The Morgan fingerprint density at radius 2 is 2.28 bits per heavy atom. The molecule has 0 saturated heterocycles. The summed E-state index contributed by atoms with van der Waals surface area (Å²) in [6.45, 7) is 1.76. The van der Waals surface area contributed by atoms with Gasteiger partial charge in [0.25, 0.3) is 5.91 Å². The number of halogens is 1. The molecule has 0 unspecified atom stereocenters. The first-order valence-corrected chi connectivity index (χ1v) is 6.17. The zero-order valence-electron chi connectivity index (χ0n) is 9.49. The number of anilines is 2. The summed E-state index contributed by atoms with van der Waals surface area (Å²) in [7, 11) is 0. The fourth-order valence-corrected chi connectivity index (χ4v) is 1.70. The Kier molecular flexibility index (Phi) is 3.41. The normalized spacial score (nSPS) is 10.3. The van der Waals surface area contributed by atoms with Crippen molar-refractivity contribution >= 4 is 40.0 Å². The summed E-state index contributed by atoms with van der Waals surface area (Å²) in [5.74, 6) is -0.0233. The van der Waals surface area contributed by atoms with Crippen molar-refractivity contribution in [2.24, 2.45) is 0 Å². The lowest BCUT2D eigenvalue weighted by Crippen LogP contribution is -2.13. The topological polar surface area (TPSA) is 104 Å². The molecule has 2 aromatic rings. The number of nitrogens with one attached hydrogen (secondary N) is 2. The maximum Gasteiger partial charge on any atom is 0.257 e. The lowest BCUT2D eigenvalue weighted by molar-refractivity contribution is 0.102. The number of H-pyrrole nitrogens is 1. The average Bonchev–Trinajstić information content (AvgIpc) is 2.64. The molecule has 6 nitrogen and oxygen atoms in total. The molecule has 1 aromatic heterocycles. The van der Waals surface area contributed by atoms with Crippen LogP contribution in [0, 0.1) is 10.5 Å². The van der Waals surface area contributed by atoms with Crippen LogP contribution in [0.15, 0.2) is 18.2 Å². The van der Waals surface area contributed by atoms with Gasteiger partial charge in [0.05, 0.1) is 15.0 Å². The number of phenolic OH excluding ortho intramolecular Hbond substituents is 1. The molecule has 1 heterocycles. The van der Waals surface area contributed by atoms with Crippen LogP contribution in [-0.4, -0.2) is 21.2 Å². The second kappa shape index (κ2) is 4.84. The van der Waals surface area contributed by atoms with Crippen LogP contribution >= 0.6 is 22.6 Å². The number of carbonyl (C=O) groups is 1. The molecule has 1 aromatic carbocycles. The van der Waals surface area contributed by atoms with Crippen LogP contribution in [0.3, 0.4) is 0 Å². The van der Waals surface area contributed by atoms with E-state index in [0.717, 1.165) is 0 Å². The first-order valence-electron chi connectivity index (χ1n) is 5.09. The van der Waals surface area contributed by atoms with E-state index >= 15 is 0 Å². The number of hydrogen-bond donors (Lipinski definition) is 4. The van der Waals surface area contributed by atoms with Gasteiger partial charge in [0.1, 0.15) is 5.75 Å². The van der Waals surface area contributed by atoms with Gasteiger partial charge < -0.3 is 16.2 Å². The van der Waals surface area contributed by atoms with E-state index in [9.17, 15) is 9.90 Å². The number of aromatic amines is 1. The Hall–Kier alpha value is -1.77. The number of rotatable bonds is 2. The van der Waals surface area contributed by atoms with E-state index < -0.39 is 0 Å². The molecular formula is C11H11IN4O2. The van der Waals surface area contributed by atoms with Crippen molar-refractivity contribution in [1.82, 2.24) is 10.2 Å². The molecule has 0 saturated carbocycles. The summed E-state index contributed by atoms with van der Waals surface area (Å²) in [6.07, 6.45) is 0. The Morgan fingerprint density at radius 3 is 2.83 bits per heavy atom. The fourth-order valence-electron chi connectivity index (χ4n) is 1.37. The van der Waals surface area contributed by atoms with Crippen molar-refractivity contribution in [3.05, 3.63) is 33.0 Å². The minimum absolute atomic E-state index is 0.0643. The zero-order chi connectivity index (χ0) is 13.3. The molecule has 0 radical (unpaired) electrons. The van der Waals surface area contributed by atoms with Crippen LogP contribution in [0.4, 0.5) is 11.5 Å². The van der Waals surface area contributed by atoms with E-state index in [4.69, 9.17) is 5.73 Å². The number of aromatic nitrogens is 2. The maximum absolute atomic E-state index is 11.9. The van der Waals surface area contributed by atoms with E-state index in [0.29, 0.717) is 20.5 Å². The molecule has 5 N–H and O–H groups in total. The van der Waals surface area contributed by atoms with Crippen molar-refractivity contribution in [2.45, 2.75) is 6.92 Å². The molecular weight excluding hydrogens is 347 g/mol. The van der Waals surface area contributed by atoms with Crippen LogP contribution in [0.5, 0.6) is 5.75 Å². The van der Waals surface area contributed by atoms with Crippen LogP contribution in [0.1, 0.15) is 16.1 Å². The quantitative estimate of drug-likeness (QED) is 0.615. The molecule has 0 aliphatic heterocycles. The Morgan fingerprint density at radius 1 is 1.56 bits per heavy atom. The third kappa shape index (κ3) is 2.40. The van der Waals surface area contributed by atoms with Crippen molar-refractivity contribution in [1.29, 1.82) is 0 Å². The highest BCUT2D eigenvalue weighted by Crippen LogP contribution is 2.22. The minimum atomic E-state index is -0.375. The molecule has 1 amide bonds. The third-order valence-corrected chi connectivity index (χ3v) is 3.35. The first kappa shape index (κ1) is 12.7. The lowest BCUT2D eigenvalue weighted by atomic mass is 10.2. The van der Waals surface area contributed by atoms with Gasteiger partial charge in [-0.2, -0.15) is 5.10 Å². The number of aryl methyl sites for hydroxylation is 1. The second-order valence-corrected chi connectivity index (χ2v) is 4.89. The summed E-state index contributed by atoms with van der Waals surface area (Å²) in [5, 5.41) is 18.7. The van der Waals surface area contributed by atoms with E-state index in [1.807, 2.05) is 22.6 Å². The largest absolute Gasteiger partial charge is 0.507 e. The molecule has 0 fully saturated rings. The zero-order valence-corrected chi connectivity index (χ0v) is 11.6. The first-order chi connectivity index (χ1) is 8.49. The summed E-state index contributed by atoms with van der Waals surface area (Å²) < 4.78 is 0.680. The van der Waals surface area contributed by atoms with Gasteiger partial charge in [-0.15, -0.1) is 0 Å². The number of hydrogen-bond acceptors (Lipinski definition) is 4. The van der Waals surface area contributed by atoms with Gasteiger partial charge in [-0.25, -0.2) is 0 Å². The van der Waals surface area contributed by atoms with Gasteiger partial charge >= 0.3 is 0 Å². The predicted octanol–water partition coefficient (Wildman–Crippen LogP) is 1.86. The molecule has 0 atom stereocenters. The highest BCUT2D eigenvalue weighted by atomic mass is 127. The van der Waals surface area contributed by atoms with Gasteiger partial charge in [0.15, 0.2) is 5.82 Å². The molecule has 0 aliphatic carbocycles. The standard InChI is InChI=1S/C11H11IN4O2/c1-5-9(13)10(16-15-5)14-11(18)6-2-3-7(12)8(17)4-6/h2-4,17H,13H2,1H3,(H2,14,15,16,18). The maximum atomic E-state index is 11.9. The van der Waals surface area contributed by atoms with Gasteiger partial charge in [0.2, 0.25) is 0 Å². The summed E-state index contributed by atoms with van der Waals surface area (Å²) in [5.41, 5.74) is 7.16. The van der Waals surface area contributed by atoms with E-state index in [1.165, 1.54) is 6.07 Å². The van der Waals surface area contributed by atoms with Crippen LogP contribution in [-0.2, 0) is 0 Å². The monoisotopic (exact) mass is 358 g/mol. The molecule has 0 bridgehead atoms. The van der Waals surface area contributed by atoms with Crippen LogP contribution < -0.4 is 11.1 Å². The lowest BCUT2D eigenvalue weighted by Gasteiger charge is -2.04. The Balaban J connectivity index is 2.22. The number of amides is 1. The van der Waals surface area contributed by atoms with Crippen molar-refractivity contribution < 1.29 is 9.90 Å². The van der Waals surface area contributed by atoms with Gasteiger partial charge in [-0.05, 0) is 47.7 Å². The van der Waals surface area contributed by atoms with E-state index in [1.54, 1.807) is 19.1 Å². The molecule has 2 rings (SSSR count).